The number of benzene rings is 2. The van der Waals surface area contributed by atoms with E-state index in [9.17, 15) is 4.79 Å². The van der Waals surface area contributed by atoms with Gasteiger partial charge in [-0.1, -0.05) is 12.1 Å². The summed E-state index contributed by atoms with van der Waals surface area (Å²) in [7, 11) is 4.79. The summed E-state index contributed by atoms with van der Waals surface area (Å²) in [5.41, 5.74) is 1.56. The molecule has 0 aliphatic carbocycles. The van der Waals surface area contributed by atoms with Gasteiger partial charge in [0, 0.05) is 25.2 Å². The molecule has 0 unspecified atom stereocenters. The molecule has 1 amide bonds. The highest BCUT2D eigenvalue weighted by Crippen LogP contribution is 2.27. The predicted molar refractivity (Wildman–Crippen MR) is 133 cm³/mol. The number of carbonyl (C=O) groups excluding carboxylic acids is 1. The van der Waals surface area contributed by atoms with E-state index in [-0.39, 0.29) is 29.9 Å². The minimum Gasteiger partial charge on any atom is -0.497 e. The lowest BCUT2D eigenvalue weighted by Crippen LogP contribution is -2.41. The van der Waals surface area contributed by atoms with Crippen molar-refractivity contribution in [3.05, 3.63) is 53.6 Å². The Kier molecular flexibility index (Phi) is 12.2. The van der Waals surface area contributed by atoms with Crippen LogP contribution in [0.15, 0.2) is 47.5 Å². The largest absolute Gasteiger partial charge is 0.497 e. The van der Waals surface area contributed by atoms with E-state index in [2.05, 4.69) is 20.9 Å². The summed E-state index contributed by atoms with van der Waals surface area (Å²) in [6.45, 7) is 4.20. The average molecular weight is 542 g/mol. The molecule has 2 rings (SSSR count). The van der Waals surface area contributed by atoms with Crippen molar-refractivity contribution in [2.24, 2.45) is 4.99 Å². The Morgan fingerprint density at radius 1 is 0.903 bits per heavy atom. The van der Waals surface area contributed by atoms with Crippen molar-refractivity contribution in [3.63, 3.8) is 0 Å². The van der Waals surface area contributed by atoms with E-state index in [4.69, 9.17) is 14.2 Å². The summed E-state index contributed by atoms with van der Waals surface area (Å²) in [4.78, 5) is 16.8. The molecule has 0 spiro atoms. The second-order valence-corrected chi connectivity index (χ2v) is 6.30. The van der Waals surface area contributed by atoms with Crippen LogP contribution >= 0.6 is 24.0 Å². The zero-order valence-corrected chi connectivity index (χ0v) is 20.7. The van der Waals surface area contributed by atoms with Crippen LogP contribution in [0.5, 0.6) is 17.2 Å². The van der Waals surface area contributed by atoms with Crippen LogP contribution in [0.3, 0.4) is 0 Å². The van der Waals surface area contributed by atoms with Gasteiger partial charge in [0.05, 0.1) is 27.9 Å². The molecular formula is C22H31IN4O4. The molecule has 0 atom stereocenters. The first kappa shape index (κ1) is 26.3. The number of aliphatic imine (C=N–C) groups is 1. The molecule has 0 aliphatic heterocycles. The molecule has 3 N–H and O–H groups in total. The fraction of sp³-hybridized carbons (Fsp3) is 0.364. The normalized spacial score (nSPS) is 10.5. The van der Waals surface area contributed by atoms with E-state index in [1.54, 1.807) is 45.6 Å². The number of hydrogen-bond donors (Lipinski definition) is 3. The van der Waals surface area contributed by atoms with Crippen LogP contribution in [0.25, 0.3) is 0 Å². The first-order valence-corrected chi connectivity index (χ1v) is 9.76. The number of hydrogen-bond acceptors (Lipinski definition) is 5. The number of guanidine groups is 1. The smallest absolute Gasteiger partial charge is 0.251 e. The van der Waals surface area contributed by atoms with Gasteiger partial charge in [0.2, 0.25) is 0 Å². The maximum Gasteiger partial charge on any atom is 0.251 e. The fourth-order valence-electron chi connectivity index (χ4n) is 2.71. The Morgan fingerprint density at radius 3 is 2.32 bits per heavy atom. The minimum absolute atomic E-state index is 0. The van der Waals surface area contributed by atoms with Gasteiger partial charge in [-0.05, 0) is 42.8 Å². The molecule has 31 heavy (non-hydrogen) atoms. The number of rotatable bonds is 10. The molecule has 0 saturated carbocycles. The lowest BCUT2D eigenvalue weighted by Gasteiger charge is -2.13. The van der Waals surface area contributed by atoms with Gasteiger partial charge in [-0.15, -0.1) is 24.0 Å². The third-order valence-corrected chi connectivity index (χ3v) is 4.25. The second kappa shape index (κ2) is 14.3. The quantitative estimate of drug-likeness (QED) is 0.185. The predicted octanol–water partition coefficient (Wildman–Crippen LogP) is 2.82. The molecule has 0 bridgehead atoms. The first-order chi connectivity index (χ1) is 14.6. The van der Waals surface area contributed by atoms with Crippen molar-refractivity contribution in [2.75, 3.05) is 41.0 Å². The Hall–Kier alpha value is -2.69. The third-order valence-electron chi connectivity index (χ3n) is 4.25. The maximum atomic E-state index is 12.2. The molecule has 0 aliphatic rings. The number of ether oxygens (including phenoxy) is 3. The fourth-order valence-corrected chi connectivity index (χ4v) is 2.71. The molecule has 9 heteroatoms. The van der Waals surface area contributed by atoms with Crippen molar-refractivity contribution in [1.29, 1.82) is 0 Å². The molecule has 2 aromatic carbocycles. The Balaban J connectivity index is 0.00000480. The molecule has 0 aromatic heterocycles. The Bertz CT molecular complexity index is 861. The number of methoxy groups -OCH3 is 3. The van der Waals surface area contributed by atoms with E-state index < -0.39 is 0 Å². The van der Waals surface area contributed by atoms with Crippen molar-refractivity contribution >= 4 is 35.8 Å². The summed E-state index contributed by atoms with van der Waals surface area (Å²) >= 11 is 0. The molecule has 2 aromatic rings. The number of nitrogens with zero attached hydrogens (tertiary/aromatic N) is 1. The molecule has 0 radical (unpaired) electrons. The molecule has 8 nitrogen and oxygen atoms in total. The number of amides is 1. The number of halogens is 1. The summed E-state index contributed by atoms with van der Waals surface area (Å²) in [6.07, 6.45) is 0. The highest BCUT2D eigenvalue weighted by atomic mass is 127. The summed E-state index contributed by atoms with van der Waals surface area (Å²) in [5, 5.41) is 9.29. The van der Waals surface area contributed by atoms with Crippen molar-refractivity contribution in [2.45, 2.75) is 13.5 Å². The summed E-state index contributed by atoms with van der Waals surface area (Å²) < 4.78 is 15.7. The van der Waals surface area contributed by atoms with Crippen LogP contribution in [0, 0.1) is 0 Å². The Labute approximate surface area is 200 Å². The second-order valence-electron chi connectivity index (χ2n) is 6.30. The van der Waals surface area contributed by atoms with E-state index in [1.807, 2.05) is 25.1 Å². The van der Waals surface area contributed by atoms with Gasteiger partial charge >= 0.3 is 0 Å². The number of carbonyl (C=O) groups is 1. The van der Waals surface area contributed by atoms with Crippen LogP contribution in [0.1, 0.15) is 22.8 Å². The van der Waals surface area contributed by atoms with E-state index in [0.717, 1.165) is 12.1 Å². The van der Waals surface area contributed by atoms with Crippen molar-refractivity contribution in [3.8, 4) is 17.2 Å². The lowest BCUT2D eigenvalue weighted by molar-refractivity contribution is 0.0954. The van der Waals surface area contributed by atoms with Crippen molar-refractivity contribution < 1.29 is 19.0 Å². The van der Waals surface area contributed by atoms with Gasteiger partial charge in [0.15, 0.2) is 17.5 Å². The highest BCUT2D eigenvalue weighted by molar-refractivity contribution is 14.0. The van der Waals surface area contributed by atoms with Crippen LogP contribution in [0.2, 0.25) is 0 Å². The molecule has 0 saturated heterocycles. The summed E-state index contributed by atoms with van der Waals surface area (Å²) in [6, 6.07) is 12.8. The molecule has 170 valence electrons. The highest BCUT2D eigenvalue weighted by Gasteiger charge is 2.07. The van der Waals surface area contributed by atoms with Gasteiger partial charge in [0.1, 0.15) is 5.75 Å². The maximum absolute atomic E-state index is 12.2. The van der Waals surface area contributed by atoms with Crippen LogP contribution in [-0.2, 0) is 6.54 Å². The lowest BCUT2D eigenvalue weighted by atomic mass is 10.2. The number of nitrogens with one attached hydrogen (secondary N) is 3. The van der Waals surface area contributed by atoms with Gasteiger partial charge in [-0.3, -0.25) is 4.79 Å². The van der Waals surface area contributed by atoms with Gasteiger partial charge in [-0.25, -0.2) is 4.99 Å². The van der Waals surface area contributed by atoms with Crippen LogP contribution in [0.4, 0.5) is 0 Å². The average Bonchev–Trinajstić information content (AvgIpc) is 2.79. The zero-order valence-electron chi connectivity index (χ0n) is 18.4. The van der Waals surface area contributed by atoms with Crippen LogP contribution < -0.4 is 30.2 Å². The van der Waals surface area contributed by atoms with E-state index >= 15 is 0 Å². The topological polar surface area (TPSA) is 93.2 Å². The molecule has 0 fully saturated rings. The summed E-state index contributed by atoms with van der Waals surface area (Å²) in [5.74, 6) is 2.52. The van der Waals surface area contributed by atoms with Crippen molar-refractivity contribution in [1.82, 2.24) is 16.0 Å². The standard InChI is InChI=1S/C22H30N4O4.HI/c1-5-23-22(26-15-16-9-10-19(29-3)20(13-16)30-4)25-12-11-24-21(27)17-7-6-8-18(14-17)28-2;/h6-10,13-14H,5,11-12,15H2,1-4H3,(H,24,27)(H2,23,25,26);1H. The third kappa shape index (κ3) is 8.52. The van der Waals surface area contributed by atoms with E-state index in [1.165, 1.54) is 0 Å². The molecule has 0 heterocycles. The van der Waals surface area contributed by atoms with Gasteiger partial charge in [-0.2, -0.15) is 0 Å². The minimum atomic E-state index is -0.150. The SMILES string of the molecule is CCNC(=NCc1ccc(OC)c(OC)c1)NCCNC(=O)c1cccc(OC)c1.I. The van der Waals surface area contributed by atoms with Gasteiger partial charge in [0.25, 0.3) is 5.91 Å². The molecular weight excluding hydrogens is 511 g/mol. The van der Waals surface area contributed by atoms with Gasteiger partial charge < -0.3 is 30.2 Å². The Morgan fingerprint density at radius 2 is 1.65 bits per heavy atom. The zero-order chi connectivity index (χ0) is 21.8. The van der Waals surface area contributed by atoms with E-state index in [0.29, 0.717) is 48.4 Å². The monoisotopic (exact) mass is 542 g/mol. The first-order valence-electron chi connectivity index (χ1n) is 9.76. The van der Waals surface area contributed by atoms with Crippen LogP contribution in [-0.4, -0.2) is 52.8 Å².